The highest BCUT2D eigenvalue weighted by molar-refractivity contribution is 6.30. The first-order valence-corrected chi connectivity index (χ1v) is 10.6. The van der Waals surface area contributed by atoms with E-state index in [9.17, 15) is 9.59 Å². The second-order valence-corrected chi connectivity index (χ2v) is 8.10. The van der Waals surface area contributed by atoms with Crippen molar-refractivity contribution in [3.05, 3.63) is 59.4 Å². The van der Waals surface area contributed by atoms with Gasteiger partial charge in [-0.3, -0.25) is 9.78 Å². The van der Waals surface area contributed by atoms with Gasteiger partial charge in [0, 0.05) is 43.1 Å². The minimum absolute atomic E-state index is 0.0342. The van der Waals surface area contributed by atoms with Crippen molar-refractivity contribution in [3.63, 3.8) is 0 Å². The number of rotatable bonds is 6. The third-order valence-electron chi connectivity index (χ3n) is 5.16. The zero-order valence-corrected chi connectivity index (χ0v) is 18.1. The normalized spacial score (nSPS) is 15.1. The summed E-state index contributed by atoms with van der Waals surface area (Å²) in [6, 6.07) is 12.4. The number of carbonyl (C=O) groups excluding carboxylic acids is 2. The monoisotopic (exact) mass is 429 g/mol. The van der Waals surface area contributed by atoms with Gasteiger partial charge in [-0.05, 0) is 42.3 Å². The smallest absolute Gasteiger partial charge is 0.318 e. The van der Waals surface area contributed by atoms with E-state index in [1.807, 2.05) is 56.3 Å². The Kier molecular flexibility index (Phi) is 7.52. The molecule has 0 spiro atoms. The third kappa shape index (κ3) is 5.86. The molecule has 1 aromatic heterocycles. The number of carbonyl (C=O) groups is 2. The summed E-state index contributed by atoms with van der Waals surface area (Å²) in [6.07, 6.45) is 1.69. The van der Waals surface area contributed by atoms with Crippen LogP contribution in [0.15, 0.2) is 48.7 Å². The first-order chi connectivity index (χ1) is 14.4. The van der Waals surface area contributed by atoms with Crippen molar-refractivity contribution in [2.45, 2.75) is 26.4 Å². The van der Waals surface area contributed by atoms with Crippen molar-refractivity contribution >= 4 is 29.2 Å². The predicted molar refractivity (Wildman–Crippen MR) is 118 cm³/mol. The summed E-state index contributed by atoms with van der Waals surface area (Å²) >= 11 is 5.96. The highest BCUT2D eigenvalue weighted by atomic mass is 35.5. The number of piperazine rings is 1. The van der Waals surface area contributed by atoms with E-state index in [1.54, 1.807) is 11.1 Å². The van der Waals surface area contributed by atoms with E-state index in [4.69, 9.17) is 11.6 Å². The maximum atomic E-state index is 12.8. The summed E-state index contributed by atoms with van der Waals surface area (Å²) in [7, 11) is 0. The first kappa shape index (κ1) is 21.9. The summed E-state index contributed by atoms with van der Waals surface area (Å²) in [4.78, 5) is 33.6. The summed E-state index contributed by atoms with van der Waals surface area (Å²) < 4.78 is 0. The van der Waals surface area contributed by atoms with Gasteiger partial charge < -0.3 is 20.4 Å². The number of hydrogen-bond acceptors (Lipinski definition) is 4. The summed E-state index contributed by atoms with van der Waals surface area (Å²) in [5.41, 5.74) is 1.87. The van der Waals surface area contributed by atoms with Crippen LogP contribution < -0.4 is 15.5 Å². The van der Waals surface area contributed by atoms with Crippen LogP contribution in [0.3, 0.4) is 0 Å². The van der Waals surface area contributed by atoms with Crippen molar-refractivity contribution in [2.75, 3.05) is 31.1 Å². The highest BCUT2D eigenvalue weighted by Gasteiger charge is 2.28. The standard InChI is InChI=1S/C22H28ClN5O2/c1-16(2)20(21(29)25-15-18-5-3-4-10-24-18)26-22(30)28-13-11-27(12-14-28)19-8-6-17(23)7-9-19/h3-10,16,20H,11-15H2,1-2H3,(H,25,29)(H,26,30)/t20-/m1/s1. The van der Waals surface area contributed by atoms with Gasteiger partial charge in [-0.2, -0.15) is 0 Å². The fourth-order valence-corrected chi connectivity index (χ4v) is 3.50. The molecule has 3 amide bonds. The van der Waals surface area contributed by atoms with Crippen molar-refractivity contribution in [1.82, 2.24) is 20.5 Å². The molecule has 30 heavy (non-hydrogen) atoms. The number of amides is 3. The van der Waals surface area contributed by atoms with Gasteiger partial charge in [-0.25, -0.2) is 4.79 Å². The van der Waals surface area contributed by atoms with Crippen LogP contribution in [-0.2, 0) is 11.3 Å². The van der Waals surface area contributed by atoms with Gasteiger partial charge in [0.25, 0.3) is 0 Å². The molecule has 0 unspecified atom stereocenters. The number of nitrogens with zero attached hydrogens (tertiary/aromatic N) is 3. The van der Waals surface area contributed by atoms with Crippen LogP contribution in [0, 0.1) is 5.92 Å². The second kappa shape index (κ2) is 10.3. The van der Waals surface area contributed by atoms with Gasteiger partial charge in [0.15, 0.2) is 0 Å². The average Bonchev–Trinajstić information content (AvgIpc) is 2.77. The van der Waals surface area contributed by atoms with Crippen LogP contribution in [0.5, 0.6) is 0 Å². The van der Waals surface area contributed by atoms with Gasteiger partial charge in [0.1, 0.15) is 6.04 Å². The molecule has 8 heteroatoms. The minimum atomic E-state index is -0.601. The Morgan fingerprint density at radius 1 is 1.07 bits per heavy atom. The van der Waals surface area contributed by atoms with Gasteiger partial charge in [0.2, 0.25) is 5.91 Å². The topological polar surface area (TPSA) is 77.6 Å². The van der Waals surface area contributed by atoms with Gasteiger partial charge in [-0.15, -0.1) is 0 Å². The number of pyridine rings is 1. The van der Waals surface area contributed by atoms with Crippen LogP contribution in [0.2, 0.25) is 5.02 Å². The Morgan fingerprint density at radius 3 is 2.37 bits per heavy atom. The van der Waals surface area contributed by atoms with Crippen molar-refractivity contribution in [3.8, 4) is 0 Å². The third-order valence-corrected chi connectivity index (χ3v) is 5.41. The van der Waals surface area contributed by atoms with Crippen LogP contribution in [0.1, 0.15) is 19.5 Å². The van der Waals surface area contributed by atoms with Crippen LogP contribution in [-0.4, -0.2) is 54.0 Å². The Balaban J connectivity index is 1.51. The molecule has 0 saturated carbocycles. The largest absolute Gasteiger partial charge is 0.368 e. The van der Waals surface area contributed by atoms with Gasteiger partial charge in [0.05, 0.1) is 12.2 Å². The fourth-order valence-electron chi connectivity index (χ4n) is 3.37. The van der Waals surface area contributed by atoms with Crippen molar-refractivity contribution in [1.29, 1.82) is 0 Å². The molecule has 160 valence electrons. The molecule has 1 aliphatic heterocycles. The van der Waals surface area contributed by atoms with E-state index in [1.165, 1.54) is 0 Å². The lowest BCUT2D eigenvalue weighted by molar-refractivity contribution is -0.124. The maximum Gasteiger partial charge on any atom is 0.318 e. The molecule has 1 aromatic carbocycles. The molecular weight excluding hydrogens is 402 g/mol. The zero-order chi connectivity index (χ0) is 21.5. The molecule has 0 aliphatic carbocycles. The van der Waals surface area contributed by atoms with Crippen LogP contribution in [0.25, 0.3) is 0 Å². The first-order valence-electron chi connectivity index (χ1n) is 10.2. The average molecular weight is 430 g/mol. The van der Waals surface area contributed by atoms with Crippen LogP contribution >= 0.6 is 11.6 Å². The highest BCUT2D eigenvalue weighted by Crippen LogP contribution is 2.19. The molecule has 1 atom stereocenters. The number of anilines is 1. The van der Waals surface area contributed by atoms with Crippen LogP contribution in [0.4, 0.5) is 10.5 Å². The lowest BCUT2D eigenvalue weighted by Crippen LogP contribution is -2.57. The zero-order valence-electron chi connectivity index (χ0n) is 17.3. The molecule has 2 heterocycles. The van der Waals surface area contributed by atoms with E-state index < -0.39 is 6.04 Å². The lowest BCUT2D eigenvalue weighted by Gasteiger charge is -2.37. The summed E-state index contributed by atoms with van der Waals surface area (Å²) in [5, 5.41) is 6.48. The molecule has 0 bridgehead atoms. The van der Waals surface area contributed by atoms with E-state index in [-0.39, 0.29) is 17.9 Å². The Bertz CT molecular complexity index is 836. The van der Waals surface area contributed by atoms with Gasteiger partial charge >= 0.3 is 6.03 Å². The molecule has 3 rings (SSSR count). The minimum Gasteiger partial charge on any atom is -0.368 e. The SMILES string of the molecule is CC(C)[C@@H](NC(=O)N1CCN(c2ccc(Cl)cc2)CC1)C(=O)NCc1ccccn1. The molecule has 2 aromatic rings. The number of nitrogens with one attached hydrogen (secondary N) is 2. The Labute approximate surface area is 182 Å². The number of urea groups is 1. The van der Waals surface area contributed by atoms with E-state index in [2.05, 4.69) is 20.5 Å². The van der Waals surface area contributed by atoms with E-state index >= 15 is 0 Å². The molecule has 7 nitrogen and oxygen atoms in total. The molecule has 0 radical (unpaired) electrons. The summed E-state index contributed by atoms with van der Waals surface area (Å²) in [6.45, 7) is 6.82. The molecule has 1 saturated heterocycles. The quantitative estimate of drug-likeness (QED) is 0.740. The van der Waals surface area contributed by atoms with Crippen molar-refractivity contribution < 1.29 is 9.59 Å². The van der Waals surface area contributed by atoms with Crippen molar-refractivity contribution in [2.24, 2.45) is 5.92 Å². The van der Waals surface area contributed by atoms with E-state index in [0.717, 1.165) is 24.5 Å². The lowest BCUT2D eigenvalue weighted by atomic mass is 10.0. The second-order valence-electron chi connectivity index (χ2n) is 7.66. The number of halogens is 1. The number of hydrogen-bond donors (Lipinski definition) is 2. The Morgan fingerprint density at radius 2 is 1.77 bits per heavy atom. The molecule has 1 aliphatic rings. The molecule has 2 N–H and O–H groups in total. The molecular formula is C22H28ClN5O2. The number of benzene rings is 1. The predicted octanol–water partition coefficient (Wildman–Crippen LogP) is 2.91. The Hall–Kier alpha value is -2.80. The van der Waals surface area contributed by atoms with E-state index in [0.29, 0.717) is 24.7 Å². The molecule has 1 fully saturated rings. The maximum absolute atomic E-state index is 12.8. The summed E-state index contributed by atoms with van der Waals surface area (Å²) in [5.74, 6) is -0.239. The van der Waals surface area contributed by atoms with Gasteiger partial charge in [-0.1, -0.05) is 31.5 Å². The fraction of sp³-hybridized carbons (Fsp3) is 0.409. The number of aromatic nitrogens is 1.